The maximum Gasteiger partial charge on any atom is 0.335 e. The van der Waals surface area contributed by atoms with E-state index in [1.165, 1.54) is 24.3 Å². The highest BCUT2D eigenvalue weighted by Gasteiger charge is 2.16. The molecule has 1 aromatic carbocycles. The van der Waals surface area contributed by atoms with Crippen molar-refractivity contribution in [2.24, 2.45) is 0 Å². The molecule has 0 aromatic heterocycles. The summed E-state index contributed by atoms with van der Waals surface area (Å²) in [6.45, 7) is 1.68. The zero-order valence-electron chi connectivity index (χ0n) is 10.8. The fourth-order valence-corrected chi connectivity index (χ4v) is 2.25. The molecule has 7 nitrogen and oxygen atoms in total. The molecule has 0 amide bonds. The van der Waals surface area contributed by atoms with Crippen LogP contribution >= 0.6 is 0 Å². The fourth-order valence-electron chi connectivity index (χ4n) is 1.37. The highest BCUT2D eigenvalue weighted by atomic mass is 32.2. The second-order valence-corrected chi connectivity index (χ2v) is 5.69. The minimum Gasteiger partial charge on any atom is -0.478 e. The van der Waals surface area contributed by atoms with Gasteiger partial charge in [-0.3, -0.25) is 4.79 Å². The lowest BCUT2D eigenvalue weighted by Gasteiger charge is -2.06. The van der Waals surface area contributed by atoms with Crippen LogP contribution in [-0.2, 0) is 26.1 Å². The second kappa shape index (κ2) is 7.01. The Kier molecular flexibility index (Phi) is 5.66. The van der Waals surface area contributed by atoms with Crippen molar-refractivity contribution >= 4 is 22.0 Å². The normalized spacial score (nSPS) is 11.1. The maximum absolute atomic E-state index is 11.6. The van der Waals surface area contributed by atoms with E-state index in [1.54, 1.807) is 6.92 Å². The first kappa shape index (κ1) is 16.1. The van der Waals surface area contributed by atoms with Crippen LogP contribution in [0.25, 0.3) is 0 Å². The van der Waals surface area contributed by atoms with Crippen molar-refractivity contribution in [1.82, 2.24) is 4.72 Å². The van der Waals surface area contributed by atoms with Gasteiger partial charge in [-0.1, -0.05) is 12.1 Å². The lowest BCUT2D eigenvalue weighted by Crippen LogP contribution is -2.30. The van der Waals surface area contributed by atoms with Crippen molar-refractivity contribution in [2.75, 3.05) is 12.4 Å². The van der Waals surface area contributed by atoms with Crippen LogP contribution in [0, 0.1) is 0 Å². The Morgan fingerprint density at radius 1 is 1.25 bits per heavy atom. The summed E-state index contributed by atoms with van der Waals surface area (Å²) in [6, 6.07) is 5.74. The first-order chi connectivity index (χ1) is 9.34. The predicted molar refractivity (Wildman–Crippen MR) is 70.7 cm³/mol. The van der Waals surface area contributed by atoms with Crippen molar-refractivity contribution in [3.8, 4) is 0 Å². The number of carbonyl (C=O) groups excluding carboxylic acids is 1. The fraction of sp³-hybridized carbons (Fsp3) is 0.333. The molecule has 0 heterocycles. The SMILES string of the molecule is CCOC(=O)CS(=O)(=O)NCc1ccc(C(=O)O)cc1. The Bertz CT molecular complexity index is 578. The van der Waals surface area contributed by atoms with Gasteiger partial charge in [0.15, 0.2) is 5.75 Å². The molecule has 20 heavy (non-hydrogen) atoms. The van der Waals surface area contributed by atoms with E-state index < -0.39 is 27.7 Å². The van der Waals surface area contributed by atoms with Gasteiger partial charge in [0, 0.05) is 6.54 Å². The van der Waals surface area contributed by atoms with E-state index in [-0.39, 0.29) is 18.7 Å². The number of carboxylic acids is 1. The molecule has 0 aliphatic carbocycles. The molecule has 1 aromatic rings. The highest BCUT2D eigenvalue weighted by molar-refractivity contribution is 7.90. The third-order valence-electron chi connectivity index (χ3n) is 2.31. The number of ether oxygens (including phenoxy) is 1. The summed E-state index contributed by atoms with van der Waals surface area (Å²) >= 11 is 0. The molecule has 8 heteroatoms. The lowest BCUT2D eigenvalue weighted by molar-refractivity contribution is -0.139. The van der Waals surface area contributed by atoms with Crippen LogP contribution in [0.4, 0.5) is 0 Å². The first-order valence-electron chi connectivity index (χ1n) is 5.79. The van der Waals surface area contributed by atoms with Gasteiger partial charge < -0.3 is 9.84 Å². The van der Waals surface area contributed by atoms with Crippen LogP contribution in [0.2, 0.25) is 0 Å². The van der Waals surface area contributed by atoms with Crippen LogP contribution in [0.5, 0.6) is 0 Å². The van der Waals surface area contributed by atoms with Crippen LogP contribution in [-0.4, -0.2) is 37.8 Å². The Hall–Kier alpha value is -1.93. The molecule has 0 fully saturated rings. The molecule has 0 spiro atoms. The minimum atomic E-state index is -3.77. The van der Waals surface area contributed by atoms with Crippen LogP contribution in [0.3, 0.4) is 0 Å². The summed E-state index contributed by atoms with van der Waals surface area (Å²) in [7, 11) is -3.77. The number of esters is 1. The van der Waals surface area contributed by atoms with Crippen molar-refractivity contribution in [1.29, 1.82) is 0 Å². The van der Waals surface area contributed by atoms with Crippen LogP contribution in [0.1, 0.15) is 22.8 Å². The van der Waals surface area contributed by atoms with Gasteiger partial charge in [-0.25, -0.2) is 17.9 Å². The molecule has 0 aliphatic rings. The lowest BCUT2D eigenvalue weighted by atomic mass is 10.1. The molecule has 110 valence electrons. The smallest absolute Gasteiger partial charge is 0.335 e. The van der Waals surface area contributed by atoms with Gasteiger partial charge in [-0.15, -0.1) is 0 Å². The quantitative estimate of drug-likeness (QED) is 0.704. The van der Waals surface area contributed by atoms with Gasteiger partial charge in [-0.2, -0.15) is 0 Å². The molecule has 0 aliphatic heterocycles. The standard InChI is InChI=1S/C12H15NO6S/c1-2-19-11(14)8-20(17,18)13-7-9-3-5-10(6-4-9)12(15)16/h3-6,13H,2,7-8H2,1H3,(H,15,16). The summed E-state index contributed by atoms with van der Waals surface area (Å²) in [6.07, 6.45) is 0. The molecule has 0 bridgehead atoms. The van der Waals surface area contributed by atoms with Gasteiger partial charge in [0.1, 0.15) is 0 Å². The van der Waals surface area contributed by atoms with Crippen molar-refractivity contribution in [3.63, 3.8) is 0 Å². The van der Waals surface area contributed by atoms with Gasteiger partial charge in [0.05, 0.1) is 12.2 Å². The Morgan fingerprint density at radius 3 is 2.35 bits per heavy atom. The maximum atomic E-state index is 11.6. The monoisotopic (exact) mass is 301 g/mol. The van der Waals surface area contributed by atoms with E-state index in [9.17, 15) is 18.0 Å². The van der Waals surface area contributed by atoms with Gasteiger partial charge in [0.25, 0.3) is 0 Å². The van der Waals surface area contributed by atoms with Crippen molar-refractivity contribution in [3.05, 3.63) is 35.4 Å². The number of aromatic carboxylic acids is 1. The van der Waals surface area contributed by atoms with Crippen LogP contribution < -0.4 is 4.72 Å². The average Bonchev–Trinajstić information content (AvgIpc) is 2.36. The molecular weight excluding hydrogens is 286 g/mol. The van der Waals surface area contributed by atoms with Gasteiger partial charge in [0.2, 0.25) is 10.0 Å². The number of carbonyl (C=O) groups is 2. The Balaban J connectivity index is 2.57. The third-order valence-corrected chi connectivity index (χ3v) is 3.51. The largest absolute Gasteiger partial charge is 0.478 e. The van der Waals surface area contributed by atoms with E-state index in [0.717, 1.165) is 0 Å². The van der Waals surface area contributed by atoms with E-state index in [0.29, 0.717) is 5.56 Å². The Morgan fingerprint density at radius 2 is 1.85 bits per heavy atom. The summed E-state index contributed by atoms with van der Waals surface area (Å²) in [5, 5.41) is 8.72. The summed E-state index contributed by atoms with van der Waals surface area (Å²) in [4.78, 5) is 21.7. The zero-order chi connectivity index (χ0) is 15.2. The topological polar surface area (TPSA) is 110 Å². The van der Waals surface area contributed by atoms with Gasteiger partial charge >= 0.3 is 11.9 Å². The summed E-state index contributed by atoms with van der Waals surface area (Å²) in [5.74, 6) is -2.62. The Labute approximate surface area is 116 Å². The number of carboxylic acid groups (broad SMARTS) is 1. The molecule has 1 rings (SSSR count). The molecule has 0 radical (unpaired) electrons. The molecule has 0 saturated carbocycles. The second-order valence-electron chi connectivity index (χ2n) is 3.89. The summed E-state index contributed by atoms with van der Waals surface area (Å²) < 4.78 is 29.9. The van der Waals surface area contributed by atoms with E-state index in [1.807, 2.05) is 0 Å². The molecule has 2 N–H and O–H groups in total. The molecule has 0 atom stereocenters. The van der Waals surface area contributed by atoms with E-state index >= 15 is 0 Å². The minimum absolute atomic E-state index is 0.0262. The van der Waals surface area contributed by atoms with Gasteiger partial charge in [-0.05, 0) is 24.6 Å². The van der Waals surface area contributed by atoms with E-state index in [2.05, 4.69) is 9.46 Å². The molecule has 0 saturated heterocycles. The predicted octanol–water partition coefficient (Wildman–Crippen LogP) is 0.367. The number of nitrogens with one attached hydrogen (secondary N) is 1. The molecular formula is C12H15NO6S. The van der Waals surface area contributed by atoms with Crippen LogP contribution in [0.15, 0.2) is 24.3 Å². The van der Waals surface area contributed by atoms with E-state index in [4.69, 9.17) is 5.11 Å². The number of benzene rings is 1. The third kappa shape index (κ3) is 5.37. The zero-order valence-corrected chi connectivity index (χ0v) is 11.6. The van der Waals surface area contributed by atoms with Crippen molar-refractivity contribution < 1.29 is 27.9 Å². The average molecular weight is 301 g/mol. The number of sulfonamides is 1. The number of rotatable bonds is 7. The van der Waals surface area contributed by atoms with Crippen molar-refractivity contribution in [2.45, 2.75) is 13.5 Å². The number of hydrogen-bond donors (Lipinski definition) is 2. The molecule has 0 unspecified atom stereocenters. The highest BCUT2D eigenvalue weighted by Crippen LogP contribution is 2.05. The summed E-state index contributed by atoms with van der Waals surface area (Å²) in [5.41, 5.74) is 0.700. The first-order valence-corrected chi connectivity index (χ1v) is 7.44. The number of hydrogen-bond acceptors (Lipinski definition) is 5.